The highest BCUT2D eigenvalue weighted by molar-refractivity contribution is 7.80. The maximum Gasteiger partial charge on any atom is 0.387 e. The lowest BCUT2D eigenvalue weighted by molar-refractivity contribution is -0.123. The summed E-state index contributed by atoms with van der Waals surface area (Å²) >= 11 is 5.48. The number of halogens is 2. The van der Waals surface area contributed by atoms with E-state index in [2.05, 4.69) is 25.2 Å². The first-order valence-electron chi connectivity index (χ1n) is 9.26. The second kappa shape index (κ2) is 9.97. The van der Waals surface area contributed by atoms with Gasteiger partial charge in [0.15, 0.2) is 5.11 Å². The smallest absolute Gasteiger partial charge is 0.387 e. The number of nitrogens with zero attached hydrogens (tertiary/aromatic N) is 2. The second-order valence-corrected chi connectivity index (χ2v) is 8.13. The van der Waals surface area contributed by atoms with Gasteiger partial charge in [-0.05, 0) is 63.7 Å². The fourth-order valence-electron chi connectivity index (χ4n) is 2.92. The number of benzene rings is 1. The Morgan fingerprint density at radius 1 is 1.18 bits per heavy atom. The molecule has 1 aliphatic heterocycles. The molecule has 6 nitrogen and oxygen atoms in total. The van der Waals surface area contributed by atoms with Crippen LogP contribution in [0.1, 0.15) is 27.2 Å². The van der Waals surface area contributed by atoms with Crippen LogP contribution in [0, 0.1) is 0 Å². The average Bonchev–Trinajstić information content (AvgIpc) is 2.80. The Balaban J connectivity index is 1.82. The minimum absolute atomic E-state index is 0.0211. The molecule has 1 fully saturated rings. The van der Waals surface area contributed by atoms with Crippen LogP contribution in [0.2, 0.25) is 0 Å². The van der Waals surface area contributed by atoms with Crippen LogP contribution in [0.15, 0.2) is 24.3 Å². The quantitative estimate of drug-likeness (QED) is 0.723. The van der Waals surface area contributed by atoms with Gasteiger partial charge in [-0.1, -0.05) is 0 Å². The summed E-state index contributed by atoms with van der Waals surface area (Å²) in [4.78, 5) is 16.3. The van der Waals surface area contributed by atoms with Gasteiger partial charge in [-0.2, -0.15) is 8.78 Å². The molecular weight excluding hydrogens is 386 g/mol. The number of hydrogen-bond acceptors (Lipinski definition) is 4. The minimum atomic E-state index is -2.84. The van der Waals surface area contributed by atoms with Gasteiger partial charge < -0.3 is 20.3 Å². The molecular formula is C19H28F2N4O2S. The van der Waals surface area contributed by atoms with Gasteiger partial charge in [0.1, 0.15) is 5.75 Å². The maximum atomic E-state index is 12.2. The van der Waals surface area contributed by atoms with Gasteiger partial charge in [0.25, 0.3) is 0 Å². The molecule has 156 valence electrons. The molecule has 0 bridgehead atoms. The third-order valence-corrected chi connectivity index (χ3v) is 4.45. The number of carbonyl (C=O) groups excluding carboxylic acids is 1. The number of carbonyl (C=O) groups is 1. The van der Waals surface area contributed by atoms with Crippen molar-refractivity contribution in [3.8, 4) is 5.75 Å². The minimum Gasteiger partial charge on any atom is -0.435 e. The van der Waals surface area contributed by atoms with Crippen LogP contribution < -0.4 is 15.4 Å². The van der Waals surface area contributed by atoms with Gasteiger partial charge in [0.05, 0.1) is 6.54 Å². The molecule has 0 aliphatic carbocycles. The van der Waals surface area contributed by atoms with E-state index in [1.807, 2.05) is 20.8 Å². The Labute approximate surface area is 170 Å². The molecule has 1 heterocycles. The van der Waals surface area contributed by atoms with Crippen LogP contribution in [0.25, 0.3) is 0 Å². The highest BCUT2D eigenvalue weighted by atomic mass is 32.1. The Morgan fingerprint density at radius 3 is 2.46 bits per heavy atom. The highest BCUT2D eigenvalue weighted by Crippen LogP contribution is 2.18. The van der Waals surface area contributed by atoms with E-state index in [1.165, 1.54) is 12.1 Å². The zero-order valence-electron chi connectivity index (χ0n) is 16.5. The van der Waals surface area contributed by atoms with E-state index < -0.39 is 6.61 Å². The van der Waals surface area contributed by atoms with Gasteiger partial charge in [0.2, 0.25) is 5.91 Å². The highest BCUT2D eigenvalue weighted by Gasteiger charge is 2.21. The fraction of sp³-hybridized carbons (Fsp3) is 0.579. The Kier molecular flexibility index (Phi) is 7.94. The van der Waals surface area contributed by atoms with E-state index in [1.54, 1.807) is 12.1 Å². The van der Waals surface area contributed by atoms with Crippen molar-refractivity contribution in [2.45, 2.75) is 39.3 Å². The zero-order valence-corrected chi connectivity index (χ0v) is 17.3. The van der Waals surface area contributed by atoms with Gasteiger partial charge in [-0.25, -0.2) is 0 Å². The van der Waals surface area contributed by atoms with Crippen molar-refractivity contribution in [2.24, 2.45) is 0 Å². The van der Waals surface area contributed by atoms with Crippen LogP contribution in [0.3, 0.4) is 0 Å². The molecule has 2 N–H and O–H groups in total. The van der Waals surface area contributed by atoms with Crippen molar-refractivity contribution in [1.29, 1.82) is 0 Å². The lowest BCUT2D eigenvalue weighted by Gasteiger charge is -2.26. The number of rotatable bonds is 5. The average molecular weight is 415 g/mol. The summed E-state index contributed by atoms with van der Waals surface area (Å²) in [5.74, 6) is 0.123. The zero-order chi connectivity index (χ0) is 20.7. The topological polar surface area (TPSA) is 56.8 Å². The molecule has 1 aromatic carbocycles. The number of hydrogen-bond donors (Lipinski definition) is 2. The first kappa shape index (κ1) is 22.3. The normalized spacial score (nSPS) is 15.9. The van der Waals surface area contributed by atoms with Crippen LogP contribution in [-0.2, 0) is 4.79 Å². The number of thiocarbonyl (C=S) groups is 1. The van der Waals surface area contributed by atoms with Crippen LogP contribution >= 0.6 is 12.2 Å². The van der Waals surface area contributed by atoms with Gasteiger partial charge >= 0.3 is 6.61 Å². The largest absolute Gasteiger partial charge is 0.435 e. The van der Waals surface area contributed by atoms with E-state index in [4.69, 9.17) is 12.2 Å². The Morgan fingerprint density at radius 2 is 1.86 bits per heavy atom. The fourth-order valence-corrected chi connectivity index (χ4v) is 3.22. The first-order valence-corrected chi connectivity index (χ1v) is 9.67. The van der Waals surface area contributed by atoms with Crippen LogP contribution in [0.4, 0.5) is 14.5 Å². The van der Waals surface area contributed by atoms with Crippen molar-refractivity contribution >= 4 is 28.9 Å². The lowest BCUT2D eigenvalue weighted by Crippen LogP contribution is -2.46. The number of alkyl halides is 2. The predicted octanol–water partition coefficient (Wildman–Crippen LogP) is 2.91. The van der Waals surface area contributed by atoms with E-state index >= 15 is 0 Å². The molecule has 9 heteroatoms. The molecule has 0 unspecified atom stereocenters. The van der Waals surface area contributed by atoms with E-state index in [9.17, 15) is 13.6 Å². The van der Waals surface area contributed by atoms with Gasteiger partial charge in [-0.15, -0.1) is 0 Å². The molecule has 0 radical (unpaired) electrons. The summed E-state index contributed by atoms with van der Waals surface area (Å²) < 4.78 is 28.8. The molecule has 1 amide bonds. The number of ether oxygens (including phenoxy) is 1. The molecule has 0 atom stereocenters. The number of anilines is 1. The molecule has 0 spiro atoms. The van der Waals surface area contributed by atoms with Crippen LogP contribution in [0.5, 0.6) is 5.75 Å². The Bertz CT molecular complexity index is 665. The van der Waals surface area contributed by atoms with Gasteiger partial charge in [-0.3, -0.25) is 9.69 Å². The third-order valence-electron chi connectivity index (χ3n) is 4.09. The predicted molar refractivity (Wildman–Crippen MR) is 110 cm³/mol. The van der Waals surface area contributed by atoms with Gasteiger partial charge in [0, 0.05) is 37.4 Å². The second-order valence-electron chi connectivity index (χ2n) is 7.75. The SMILES string of the molecule is CC(C)(C)NC(=O)CN1CCCN(C(=S)Nc2ccc(OC(F)F)cc2)CC1. The standard InChI is InChI=1S/C19H28F2N4O2S/c1-19(2,3)23-16(26)13-24-9-4-10-25(12-11-24)18(28)22-14-5-7-15(8-6-14)27-17(20)21/h5-8,17H,4,9-13H2,1-3H3,(H,22,28)(H,23,26). The Hall–Kier alpha value is -2.00. The first-order chi connectivity index (χ1) is 13.1. The van der Waals surface area contributed by atoms with Crippen molar-refractivity contribution in [2.75, 3.05) is 38.0 Å². The molecule has 1 saturated heterocycles. The van der Waals surface area contributed by atoms with Crippen molar-refractivity contribution < 1.29 is 18.3 Å². The molecule has 0 saturated carbocycles. The van der Waals surface area contributed by atoms with E-state index in [0.717, 1.165) is 26.1 Å². The molecule has 2 rings (SSSR count). The number of amides is 1. The molecule has 0 aromatic heterocycles. The van der Waals surface area contributed by atoms with Crippen molar-refractivity contribution in [1.82, 2.24) is 15.1 Å². The van der Waals surface area contributed by atoms with Crippen LogP contribution in [-0.4, -0.2) is 65.7 Å². The molecule has 28 heavy (non-hydrogen) atoms. The monoisotopic (exact) mass is 414 g/mol. The van der Waals surface area contributed by atoms with Crippen molar-refractivity contribution in [3.63, 3.8) is 0 Å². The summed E-state index contributed by atoms with van der Waals surface area (Å²) in [6, 6.07) is 6.22. The summed E-state index contributed by atoms with van der Waals surface area (Å²) in [5.41, 5.74) is 0.466. The summed E-state index contributed by atoms with van der Waals surface area (Å²) in [6.45, 7) is 6.48. The molecule has 1 aromatic rings. The maximum absolute atomic E-state index is 12.2. The summed E-state index contributed by atoms with van der Waals surface area (Å²) in [7, 11) is 0. The third kappa shape index (κ3) is 7.93. The number of nitrogens with one attached hydrogen (secondary N) is 2. The van der Waals surface area contributed by atoms with E-state index in [-0.39, 0.29) is 17.2 Å². The lowest BCUT2D eigenvalue weighted by atomic mass is 10.1. The van der Waals surface area contributed by atoms with E-state index in [0.29, 0.717) is 23.9 Å². The summed E-state index contributed by atoms with van der Waals surface area (Å²) in [5, 5.41) is 6.68. The van der Waals surface area contributed by atoms with Crippen molar-refractivity contribution in [3.05, 3.63) is 24.3 Å². The molecule has 1 aliphatic rings. The summed E-state index contributed by atoms with van der Waals surface area (Å²) in [6.07, 6.45) is 0.895.